The highest BCUT2D eigenvalue weighted by Crippen LogP contribution is 2.68. The van der Waals surface area contributed by atoms with Gasteiger partial charge in [0.1, 0.15) is 0 Å². The summed E-state index contributed by atoms with van der Waals surface area (Å²) in [5, 5.41) is 10.7. The maximum absolute atomic E-state index is 10.7. The molecule has 186 valence electrons. The fourth-order valence-electron chi connectivity index (χ4n) is 10.2. The molecule has 0 saturated heterocycles. The van der Waals surface area contributed by atoms with Crippen LogP contribution in [0, 0.1) is 52.3 Å². The lowest BCUT2D eigenvalue weighted by molar-refractivity contribution is -0.114. The van der Waals surface area contributed by atoms with E-state index in [-0.39, 0.29) is 5.73 Å². The zero-order valence-corrected chi connectivity index (χ0v) is 23.8. The van der Waals surface area contributed by atoms with Crippen molar-refractivity contribution in [2.75, 3.05) is 0 Å². The van der Waals surface area contributed by atoms with Gasteiger partial charge in [0, 0.05) is 5.73 Å². The van der Waals surface area contributed by atoms with E-state index in [4.69, 9.17) is 0 Å². The largest absolute Gasteiger partial charge is 0.396 e. The molecular formula is C30H56OSi. The van der Waals surface area contributed by atoms with Gasteiger partial charge in [-0.2, -0.15) is 0 Å². The van der Waals surface area contributed by atoms with Gasteiger partial charge in [0.15, 0.2) is 0 Å². The summed E-state index contributed by atoms with van der Waals surface area (Å²) >= 11 is 0. The average molecular weight is 461 g/mol. The van der Waals surface area contributed by atoms with Crippen LogP contribution in [0.2, 0.25) is 19.6 Å². The quantitative estimate of drug-likeness (QED) is 0.376. The molecule has 1 N–H and O–H groups in total. The van der Waals surface area contributed by atoms with Crippen molar-refractivity contribution in [1.82, 2.24) is 0 Å². The third-order valence-electron chi connectivity index (χ3n) is 12.1. The van der Waals surface area contributed by atoms with E-state index in [1.54, 1.807) is 12.8 Å². The highest BCUT2D eigenvalue weighted by Gasteiger charge is 2.60. The molecule has 3 unspecified atom stereocenters. The lowest BCUT2D eigenvalue weighted by Crippen LogP contribution is -2.53. The van der Waals surface area contributed by atoms with Gasteiger partial charge in [-0.25, -0.2) is 0 Å². The number of hydrogen-bond donors (Lipinski definition) is 1. The number of aliphatic hydroxyl groups is 1. The van der Waals surface area contributed by atoms with E-state index in [0.717, 1.165) is 35.5 Å². The van der Waals surface area contributed by atoms with Gasteiger partial charge < -0.3 is 5.11 Å². The Labute approximate surface area is 201 Å². The summed E-state index contributed by atoms with van der Waals surface area (Å²) < 4.78 is 0. The lowest BCUT2D eigenvalue weighted by Gasteiger charge is -2.61. The van der Waals surface area contributed by atoms with E-state index >= 15 is 0 Å². The van der Waals surface area contributed by atoms with Crippen LogP contribution in [0.4, 0.5) is 0 Å². The van der Waals surface area contributed by atoms with Gasteiger partial charge in [0.05, 0.1) is 8.07 Å². The maximum Gasteiger partial charge on any atom is 0.0785 e. The second-order valence-electron chi connectivity index (χ2n) is 14.8. The molecule has 32 heavy (non-hydrogen) atoms. The predicted octanol–water partition coefficient (Wildman–Crippen LogP) is 8.72. The molecule has 1 nitrogen and oxygen atoms in total. The molecule has 4 fully saturated rings. The Morgan fingerprint density at radius 3 is 2.25 bits per heavy atom. The Balaban J connectivity index is 1.36. The minimum atomic E-state index is -1.44. The molecule has 0 heterocycles. The Bertz CT molecular complexity index is 639. The molecule has 0 aromatic carbocycles. The maximum atomic E-state index is 10.7. The highest BCUT2D eigenvalue weighted by molar-refractivity contribution is 6.77. The van der Waals surface area contributed by atoms with E-state index in [9.17, 15) is 5.11 Å². The van der Waals surface area contributed by atoms with E-state index in [1.165, 1.54) is 70.6 Å². The smallest absolute Gasteiger partial charge is 0.0785 e. The summed E-state index contributed by atoms with van der Waals surface area (Å²) in [5.41, 5.74) is 1.25. The third-order valence-corrected chi connectivity index (χ3v) is 14.4. The zero-order chi connectivity index (χ0) is 23.3. The van der Waals surface area contributed by atoms with Crippen LogP contribution in [0.15, 0.2) is 0 Å². The molecule has 0 aromatic rings. The van der Waals surface area contributed by atoms with E-state index in [2.05, 4.69) is 47.3 Å². The van der Waals surface area contributed by atoms with Crippen LogP contribution in [0.3, 0.4) is 0 Å². The summed E-state index contributed by atoms with van der Waals surface area (Å²) in [6.45, 7) is 17.3. The number of rotatable bonds is 7. The van der Waals surface area contributed by atoms with Crippen LogP contribution >= 0.6 is 0 Å². The van der Waals surface area contributed by atoms with Gasteiger partial charge in [-0.05, 0) is 110 Å². The summed E-state index contributed by atoms with van der Waals surface area (Å²) in [4.78, 5) is 0. The number of aliphatic hydroxyl groups excluding tert-OH is 1. The molecule has 0 spiro atoms. The Morgan fingerprint density at radius 1 is 0.812 bits per heavy atom. The standard InChI is InChI=1S/C30H56OSi/c1-21(11-10-12-22(2)28(31)32(5,6)7)25-16-17-26-24-15-14-23-13-8-9-19-29(23,3)27(24)18-20-30(25,26)4/h21-28,31H,8-20H2,1-7H3/t21-,22?,23?,24+,25-,26+,27+,28?,29+,30-/m1/s1. The minimum Gasteiger partial charge on any atom is -0.396 e. The van der Waals surface area contributed by atoms with Crippen molar-refractivity contribution in [2.24, 2.45) is 52.3 Å². The summed E-state index contributed by atoms with van der Waals surface area (Å²) in [7, 11) is -1.44. The Kier molecular flexibility index (Phi) is 7.37. The van der Waals surface area contributed by atoms with Crippen LogP contribution in [-0.4, -0.2) is 18.9 Å². The first-order valence-electron chi connectivity index (χ1n) is 14.7. The second-order valence-corrected chi connectivity index (χ2v) is 20.2. The number of hydrogen-bond acceptors (Lipinski definition) is 1. The highest BCUT2D eigenvalue weighted by atomic mass is 28.3. The van der Waals surface area contributed by atoms with Crippen molar-refractivity contribution in [1.29, 1.82) is 0 Å². The van der Waals surface area contributed by atoms with E-state index in [0.29, 0.717) is 16.7 Å². The van der Waals surface area contributed by atoms with E-state index < -0.39 is 8.07 Å². The first-order chi connectivity index (χ1) is 15.0. The molecule has 0 bridgehead atoms. The first-order valence-corrected chi connectivity index (χ1v) is 18.2. The molecule has 0 amide bonds. The monoisotopic (exact) mass is 460 g/mol. The van der Waals surface area contributed by atoms with Crippen LogP contribution < -0.4 is 0 Å². The topological polar surface area (TPSA) is 20.2 Å². The molecule has 0 aliphatic heterocycles. The van der Waals surface area contributed by atoms with Crippen LogP contribution in [0.5, 0.6) is 0 Å². The SMILES string of the molecule is CC(CCC[C@@H](C)[C@H]1CC[C@H]2[C@@H]3CCC4CCCC[C@]4(C)[C@H]3CC[C@]12C)C(O)[Si](C)(C)C. The van der Waals surface area contributed by atoms with Crippen molar-refractivity contribution in [3.05, 3.63) is 0 Å². The van der Waals surface area contributed by atoms with Crippen molar-refractivity contribution in [2.45, 2.75) is 137 Å². The second kappa shape index (κ2) is 9.33. The summed E-state index contributed by atoms with van der Waals surface area (Å²) in [6, 6.07) is 0. The molecule has 4 aliphatic carbocycles. The molecular weight excluding hydrogens is 404 g/mol. The van der Waals surface area contributed by atoms with Gasteiger partial charge in [0.2, 0.25) is 0 Å². The van der Waals surface area contributed by atoms with Crippen molar-refractivity contribution in [3.8, 4) is 0 Å². The Morgan fingerprint density at radius 2 is 1.53 bits per heavy atom. The molecule has 0 aromatic heterocycles. The van der Waals surface area contributed by atoms with Crippen LogP contribution in [0.1, 0.15) is 111 Å². The molecule has 10 atom stereocenters. The van der Waals surface area contributed by atoms with Gasteiger partial charge in [-0.3, -0.25) is 0 Å². The van der Waals surface area contributed by atoms with Gasteiger partial charge in [-0.15, -0.1) is 0 Å². The fraction of sp³-hybridized carbons (Fsp3) is 1.00. The zero-order valence-electron chi connectivity index (χ0n) is 22.8. The molecule has 4 rings (SSSR count). The van der Waals surface area contributed by atoms with Gasteiger partial charge in [-0.1, -0.05) is 73.0 Å². The summed E-state index contributed by atoms with van der Waals surface area (Å²) in [5.74, 6) is 6.42. The molecule has 2 heteroatoms. The first kappa shape index (κ1) is 25.3. The van der Waals surface area contributed by atoms with Crippen molar-refractivity contribution in [3.63, 3.8) is 0 Å². The Hall–Kier alpha value is 0.177. The molecule has 4 aliphatic rings. The van der Waals surface area contributed by atoms with Crippen molar-refractivity contribution < 1.29 is 5.11 Å². The molecule has 4 saturated carbocycles. The van der Waals surface area contributed by atoms with Gasteiger partial charge >= 0.3 is 0 Å². The van der Waals surface area contributed by atoms with Gasteiger partial charge in [0.25, 0.3) is 0 Å². The predicted molar refractivity (Wildman–Crippen MR) is 141 cm³/mol. The van der Waals surface area contributed by atoms with Crippen molar-refractivity contribution >= 4 is 8.07 Å². The molecule has 0 radical (unpaired) electrons. The minimum absolute atomic E-state index is 0.0438. The lowest BCUT2D eigenvalue weighted by atomic mass is 9.44. The number of fused-ring (bicyclic) bond motifs is 5. The van der Waals surface area contributed by atoms with Crippen LogP contribution in [-0.2, 0) is 0 Å². The summed E-state index contributed by atoms with van der Waals surface area (Å²) in [6.07, 6.45) is 19.2. The fourth-order valence-corrected chi connectivity index (χ4v) is 12.1. The normalized spacial score (nSPS) is 44.8. The third kappa shape index (κ3) is 4.43. The van der Waals surface area contributed by atoms with Crippen LogP contribution in [0.25, 0.3) is 0 Å². The average Bonchev–Trinajstić information content (AvgIpc) is 3.09. The van der Waals surface area contributed by atoms with E-state index in [1.807, 2.05) is 0 Å².